The van der Waals surface area contributed by atoms with Crippen molar-refractivity contribution < 1.29 is 4.79 Å². The Kier molecular flexibility index (Phi) is 4.38. The minimum Gasteiger partial charge on any atom is -0.398 e. The van der Waals surface area contributed by atoms with Gasteiger partial charge in [-0.3, -0.25) is 4.79 Å². The van der Waals surface area contributed by atoms with E-state index in [1.54, 1.807) is 18.2 Å². The molecule has 0 saturated carbocycles. The highest BCUT2D eigenvalue weighted by atomic mass is 79.9. The molecule has 2 nitrogen and oxygen atoms in total. The zero-order chi connectivity index (χ0) is 13.8. The second-order valence-corrected chi connectivity index (χ2v) is 5.37. The summed E-state index contributed by atoms with van der Waals surface area (Å²) >= 11 is 3.33. The van der Waals surface area contributed by atoms with Gasteiger partial charge in [-0.1, -0.05) is 37.6 Å². The highest BCUT2D eigenvalue weighted by molar-refractivity contribution is 9.10. The van der Waals surface area contributed by atoms with Gasteiger partial charge in [0.15, 0.2) is 5.78 Å². The summed E-state index contributed by atoms with van der Waals surface area (Å²) in [4.78, 5) is 12.3. The Morgan fingerprint density at radius 3 is 2.32 bits per heavy atom. The number of carbonyl (C=O) groups excluding carboxylic acids is 1. The zero-order valence-electron chi connectivity index (χ0n) is 10.8. The molecule has 2 N–H and O–H groups in total. The van der Waals surface area contributed by atoms with Gasteiger partial charge in [0.25, 0.3) is 0 Å². The first-order chi connectivity index (χ1) is 9.11. The molecule has 0 aromatic heterocycles. The van der Waals surface area contributed by atoms with Crippen LogP contribution in [0.1, 0.15) is 34.8 Å². The molecule has 3 heteroatoms. The van der Waals surface area contributed by atoms with Crippen molar-refractivity contribution in [1.82, 2.24) is 0 Å². The van der Waals surface area contributed by atoms with E-state index in [1.807, 2.05) is 24.3 Å². The summed E-state index contributed by atoms with van der Waals surface area (Å²) < 4.78 is 0.808. The van der Waals surface area contributed by atoms with Crippen LogP contribution < -0.4 is 5.73 Å². The molecular formula is C16H16BrNO. The first-order valence-electron chi connectivity index (χ1n) is 6.30. The van der Waals surface area contributed by atoms with E-state index < -0.39 is 0 Å². The molecule has 98 valence electrons. The summed E-state index contributed by atoms with van der Waals surface area (Å²) in [6.45, 7) is 2.14. The Labute approximate surface area is 121 Å². The first kappa shape index (κ1) is 13.8. The SMILES string of the molecule is CCCc1ccc(C(=O)c2ccc(Br)c(N)c2)cc1. The normalized spacial score (nSPS) is 10.4. The fourth-order valence-electron chi connectivity index (χ4n) is 1.96. The maximum atomic E-state index is 12.3. The van der Waals surface area contributed by atoms with E-state index in [2.05, 4.69) is 22.9 Å². The molecule has 0 bridgehead atoms. The molecule has 19 heavy (non-hydrogen) atoms. The number of halogens is 1. The molecule has 0 aliphatic carbocycles. The maximum absolute atomic E-state index is 12.3. The fraction of sp³-hybridized carbons (Fsp3) is 0.188. The summed E-state index contributed by atoms with van der Waals surface area (Å²) in [5, 5.41) is 0. The predicted molar refractivity (Wildman–Crippen MR) is 82.4 cm³/mol. The van der Waals surface area contributed by atoms with Crippen LogP contribution in [-0.2, 0) is 6.42 Å². The van der Waals surface area contributed by atoms with Crippen molar-refractivity contribution in [3.63, 3.8) is 0 Å². The van der Waals surface area contributed by atoms with Gasteiger partial charge in [0.1, 0.15) is 0 Å². The summed E-state index contributed by atoms with van der Waals surface area (Å²) in [5.74, 6) is 0.00208. The minimum absolute atomic E-state index is 0.00208. The van der Waals surface area contributed by atoms with Gasteiger partial charge >= 0.3 is 0 Å². The number of benzene rings is 2. The van der Waals surface area contributed by atoms with Crippen molar-refractivity contribution in [1.29, 1.82) is 0 Å². The number of aryl methyl sites for hydroxylation is 1. The Hall–Kier alpha value is -1.61. The van der Waals surface area contributed by atoms with Gasteiger partial charge in [0, 0.05) is 21.3 Å². The second kappa shape index (κ2) is 6.02. The van der Waals surface area contributed by atoms with Crippen LogP contribution in [0.5, 0.6) is 0 Å². The van der Waals surface area contributed by atoms with Gasteiger partial charge in [0.05, 0.1) is 0 Å². The van der Waals surface area contributed by atoms with Crippen LogP contribution in [0.15, 0.2) is 46.9 Å². The van der Waals surface area contributed by atoms with E-state index in [-0.39, 0.29) is 5.78 Å². The average molecular weight is 318 g/mol. The molecule has 0 aliphatic heterocycles. The average Bonchev–Trinajstić information content (AvgIpc) is 2.42. The summed E-state index contributed by atoms with van der Waals surface area (Å²) in [6, 6.07) is 13.1. The smallest absolute Gasteiger partial charge is 0.193 e. The molecule has 0 heterocycles. The largest absolute Gasteiger partial charge is 0.398 e. The summed E-state index contributed by atoms with van der Waals surface area (Å²) in [6.07, 6.45) is 2.15. The van der Waals surface area contributed by atoms with Gasteiger partial charge in [-0.05, 0) is 46.1 Å². The van der Waals surface area contributed by atoms with Crippen LogP contribution >= 0.6 is 15.9 Å². The fourth-order valence-corrected chi connectivity index (χ4v) is 2.21. The topological polar surface area (TPSA) is 43.1 Å². The number of hydrogen-bond acceptors (Lipinski definition) is 2. The molecular weight excluding hydrogens is 302 g/mol. The van der Waals surface area contributed by atoms with E-state index in [0.717, 1.165) is 17.3 Å². The third-order valence-corrected chi connectivity index (χ3v) is 3.74. The van der Waals surface area contributed by atoms with E-state index in [1.165, 1.54) is 5.56 Å². The number of ketones is 1. The monoisotopic (exact) mass is 317 g/mol. The lowest BCUT2D eigenvalue weighted by atomic mass is 10.0. The Morgan fingerprint density at radius 1 is 1.11 bits per heavy atom. The van der Waals surface area contributed by atoms with Crippen molar-refractivity contribution in [2.45, 2.75) is 19.8 Å². The number of carbonyl (C=O) groups is 1. The van der Waals surface area contributed by atoms with E-state index in [9.17, 15) is 4.79 Å². The van der Waals surface area contributed by atoms with Crippen LogP contribution in [0.3, 0.4) is 0 Å². The van der Waals surface area contributed by atoms with Crippen molar-refractivity contribution in [3.05, 3.63) is 63.6 Å². The number of anilines is 1. The Morgan fingerprint density at radius 2 is 1.74 bits per heavy atom. The molecule has 0 radical (unpaired) electrons. The highest BCUT2D eigenvalue weighted by Crippen LogP contribution is 2.22. The number of rotatable bonds is 4. The minimum atomic E-state index is 0.00208. The molecule has 0 unspecified atom stereocenters. The molecule has 0 fully saturated rings. The molecule has 0 saturated heterocycles. The highest BCUT2D eigenvalue weighted by Gasteiger charge is 2.10. The van der Waals surface area contributed by atoms with E-state index in [4.69, 9.17) is 5.73 Å². The second-order valence-electron chi connectivity index (χ2n) is 4.51. The zero-order valence-corrected chi connectivity index (χ0v) is 12.4. The van der Waals surface area contributed by atoms with E-state index >= 15 is 0 Å². The lowest BCUT2D eigenvalue weighted by Gasteiger charge is -2.05. The van der Waals surface area contributed by atoms with Gasteiger partial charge in [0.2, 0.25) is 0 Å². The van der Waals surface area contributed by atoms with Crippen LogP contribution in [0.4, 0.5) is 5.69 Å². The van der Waals surface area contributed by atoms with Gasteiger partial charge in [-0.15, -0.1) is 0 Å². The molecule has 0 aliphatic rings. The standard InChI is InChI=1S/C16H16BrNO/c1-2-3-11-4-6-12(7-5-11)16(19)13-8-9-14(17)15(18)10-13/h4-10H,2-3,18H2,1H3. The van der Waals surface area contributed by atoms with Crippen LogP contribution in [-0.4, -0.2) is 5.78 Å². The summed E-state index contributed by atoms with van der Waals surface area (Å²) in [5.41, 5.74) is 8.95. The molecule has 2 rings (SSSR count). The molecule has 0 atom stereocenters. The third kappa shape index (κ3) is 3.24. The van der Waals surface area contributed by atoms with Crippen molar-refractivity contribution in [2.75, 3.05) is 5.73 Å². The van der Waals surface area contributed by atoms with Crippen molar-refractivity contribution >= 4 is 27.4 Å². The van der Waals surface area contributed by atoms with Crippen LogP contribution in [0.25, 0.3) is 0 Å². The summed E-state index contributed by atoms with van der Waals surface area (Å²) in [7, 11) is 0. The lowest BCUT2D eigenvalue weighted by Crippen LogP contribution is -2.02. The van der Waals surface area contributed by atoms with Gasteiger partial charge < -0.3 is 5.73 Å². The Balaban J connectivity index is 2.25. The number of nitrogens with two attached hydrogens (primary N) is 1. The van der Waals surface area contributed by atoms with Crippen molar-refractivity contribution in [3.8, 4) is 0 Å². The van der Waals surface area contributed by atoms with Gasteiger partial charge in [-0.25, -0.2) is 0 Å². The Bertz CT molecular complexity index is 590. The first-order valence-corrected chi connectivity index (χ1v) is 7.09. The van der Waals surface area contributed by atoms with Crippen LogP contribution in [0, 0.1) is 0 Å². The molecule has 0 amide bonds. The molecule has 2 aromatic carbocycles. The number of hydrogen-bond donors (Lipinski definition) is 1. The molecule has 0 spiro atoms. The molecule has 2 aromatic rings. The quantitative estimate of drug-likeness (QED) is 0.678. The van der Waals surface area contributed by atoms with Gasteiger partial charge in [-0.2, -0.15) is 0 Å². The third-order valence-electron chi connectivity index (χ3n) is 3.01. The number of nitrogen functional groups attached to an aromatic ring is 1. The van der Waals surface area contributed by atoms with Crippen LogP contribution in [0.2, 0.25) is 0 Å². The van der Waals surface area contributed by atoms with Crippen molar-refractivity contribution in [2.24, 2.45) is 0 Å². The predicted octanol–water partition coefficient (Wildman–Crippen LogP) is 4.21. The maximum Gasteiger partial charge on any atom is 0.193 e. The lowest BCUT2D eigenvalue weighted by molar-refractivity contribution is 0.103. The van der Waals surface area contributed by atoms with E-state index in [0.29, 0.717) is 16.8 Å².